The van der Waals surface area contributed by atoms with E-state index < -0.39 is 5.97 Å². The maximum Gasteiger partial charge on any atom is 0.358 e. The highest BCUT2D eigenvalue weighted by Gasteiger charge is 2.21. The summed E-state index contributed by atoms with van der Waals surface area (Å²) >= 11 is 0. The Morgan fingerprint density at radius 1 is 1.06 bits per heavy atom. The fraction of sp³-hybridized carbons (Fsp3) is 0.292. The SMILES string of the molecule is COC(=O)c1cn(C)c(-c2nc(Nc3ccc(N4CCN(C)CC4)cc3)ncc2-c2cnco2)n1. The van der Waals surface area contributed by atoms with Gasteiger partial charge in [0.15, 0.2) is 23.7 Å². The number of anilines is 3. The largest absolute Gasteiger partial charge is 0.464 e. The first kappa shape index (κ1) is 22.5. The van der Waals surface area contributed by atoms with E-state index in [0.717, 1.165) is 31.9 Å². The van der Waals surface area contributed by atoms with Crippen LogP contribution in [-0.2, 0) is 11.8 Å². The van der Waals surface area contributed by atoms with Crippen LogP contribution in [0.25, 0.3) is 22.8 Å². The molecule has 0 aliphatic carbocycles. The Morgan fingerprint density at radius 3 is 2.51 bits per heavy atom. The van der Waals surface area contributed by atoms with Crippen molar-refractivity contribution in [1.29, 1.82) is 0 Å². The third-order valence-corrected chi connectivity index (χ3v) is 5.96. The van der Waals surface area contributed by atoms with Gasteiger partial charge in [0.1, 0.15) is 5.69 Å². The number of hydrogen-bond acceptors (Lipinski definition) is 10. The Labute approximate surface area is 202 Å². The van der Waals surface area contributed by atoms with E-state index in [2.05, 4.69) is 49.2 Å². The zero-order chi connectivity index (χ0) is 24.4. The highest BCUT2D eigenvalue weighted by molar-refractivity contribution is 5.88. The van der Waals surface area contributed by atoms with Crippen LogP contribution in [0.3, 0.4) is 0 Å². The van der Waals surface area contributed by atoms with Crippen LogP contribution in [0.15, 0.2) is 53.7 Å². The van der Waals surface area contributed by atoms with Crippen molar-refractivity contribution in [3.63, 3.8) is 0 Å². The topological polar surface area (TPSA) is 114 Å². The van der Waals surface area contributed by atoms with Crippen LogP contribution in [0.1, 0.15) is 10.5 Å². The van der Waals surface area contributed by atoms with Gasteiger partial charge in [-0.25, -0.2) is 24.7 Å². The number of piperazine rings is 1. The van der Waals surface area contributed by atoms with E-state index in [1.807, 2.05) is 12.1 Å². The van der Waals surface area contributed by atoms with Crippen molar-refractivity contribution in [2.45, 2.75) is 0 Å². The van der Waals surface area contributed by atoms with Gasteiger partial charge in [0.05, 0.1) is 18.9 Å². The van der Waals surface area contributed by atoms with Gasteiger partial charge in [-0.2, -0.15) is 0 Å². The molecule has 0 saturated carbocycles. The van der Waals surface area contributed by atoms with Gasteiger partial charge in [0.2, 0.25) is 5.95 Å². The van der Waals surface area contributed by atoms with E-state index in [1.54, 1.807) is 30.2 Å². The Bertz CT molecular complexity index is 1310. The smallest absolute Gasteiger partial charge is 0.358 e. The Balaban J connectivity index is 1.44. The molecular formula is C24H26N8O3. The number of likely N-dealkylation sites (N-methyl/N-ethyl adjacent to an activating group) is 1. The van der Waals surface area contributed by atoms with Crippen molar-refractivity contribution >= 4 is 23.3 Å². The minimum atomic E-state index is -0.527. The van der Waals surface area contributed by atoms with Gasteiger partial charge in [-0.15, -0.1) is 0 Å². The first-order valence-electron chi connectivity index (χ1n) is 11.2. The van der Waals surface area contributed by atoms with Gasteiger partial charge >= 0.3 is 5.97 Å². The third kappa shape index (κ3) is 4.71. The average molecular weight is 475 g/mol. The summed E-state index contributed by atoms with van der Waals surface area (Å²) in [7, 11) is 5.25. The third-order valence-electron chi connectivity index (χ3n) is 5.96. The number of carbonyl (C=O) groups excluding carboxylic acids is 1. The van der Waals surface area contributed by atoms with Crippen LogP contribution in [-0.4, -0.2) is 75.7 Å². The van der Waals surface area contributed by atoms with Gasteiger partial charge < -0.3 is 28.8 Å². The minimum absolute atomic E-state index is 0.182. The van der Waals surface area contributed by atoms with Gasteiger partial charge in [-0.1, -0.05) is 0 Å². The number of methoxy groups -OCH3 is 1. The number of esters is 1. The second kappa shape index (κ2) is 9.55. The first-order chi connectivity index (χ1) is 17.0. The summed E-state index contributed by atoms with van der Waals surface area (Å²) < 4.78 is 12.0. The summed E-state index contributed by atoms with van der Waals surface area (Å²) in [6.07, 6.45) is 6.16. The maximum absolute atomic E-state index is 12.0. The number of aromatic nitrogens is 5. The number of oxazole rings is 1. The first-order valence-corrected chi connectivity index (χ1v) is 11.2. The number of ether oxygens (including phenoxy) is 1. The van der Waals surface area contributed by atoms with Gasteiger partial charge in [0.25, 0.3) is 0 Å². The minimum Gasteiger partial charge on any atom is -0.464 e. The lowest BCUT2D eigenvalue weighted by Crippen LogP contribution is -2.44. The second-order valence-electron chi connectivity index (χ2n) is 8.34. The summed E-state index contributed by atoms with van der Waals surface area (Å²) in [5.74, 6) is 0.817. The molecule has 1 fully saturated rings. The zero-order valence-corrected chi connectivity index (χ0v) is 19.8. The molecule has 4 aromatic rings. The van der Waals surface area contributed by atoms with Crippen LogP contribution < -0.4 is 10.2 Å². The maximum atomic E-state index is 12.0. The van der Waals surface area contributed by atoms with E-state index in [-0.39, 0.29) is 5.69 Å². The predicted octanol–water partition coefficient (Wildman–Crippen LogP) is 2.81. The molecular weight excluding hydrogens is 448 g/mol. The molecule has 4 heterocycles. The number of nitrogens with zero attached hydrogens (tertiary/aromatic N) is 7. The molecule has 5 rings (SSSR count). The molecule has 1 saturated heterocycles. The lowest BCUT2D eigenvalue weighted by Gasteiger charge is -2.34. The molecule has 0 spiro atoms. The molecule has 180 valence electrons. The normalized spacial score (nSPS) is 14.2. The lowest BCUT2D eigenvalue weighted by molar-refractivity contribution is 0.0594. The van der Waals surface area contributed by atoms with Crippen molar-refractivity contribution in [2.75, 3.05) is 50.6 Å². The van der Waals surface area contributed by atoms with E-state index >= 15 is 0 Å². The number of imidazole rings is 1. The van der Waals surface area contributed by atoms with E-state index in [9.17, 15) is 4.79 Å². The van der Waals surface area contributed by atoms with Crippen molar-refractivity contribution < 1.29 is 13.9 Å². The summed E-state index contributed by atoms with van der Waals surface area (Å²) in [5, 5.41) is 3.26. The second-order valence-corrected chi connectivity index (χ2v) is 8.34. The molecule has 1 aliphatic rings. The standard InChI is InChI=1S/C24H26N8O3/c1-30-8-10-32(11-9-30)17-6-4-16(5-7-17)27-24-26-12-18(20-13-25-15-35-20)21(29-24)22-28-19(14-31(22)2)23(33)34-3/h4-7,12-15H,8-11H2,1-3H3,(H,26,27,29). The van der Waals surface area contributed by atoms with E-state index in [0.29, 0.717) is 28.8 Å². The molecule has 1 aromatic carbocycles. The molecule has 0 radical (unpaired) electrons. The van der Waals surface area contributed by atoms with E-state index in [4.69, 9.17) is 14.1 Å². The monoisotopic (exact) mass is 474 g/mol. The summed E-state index contributed by atoms with van der Waals surface area (Å²) in [6.45, 7) is 4.13. The Hall–Kier alpha value is -4.25. The van der Waals surface area contributed by atoms with Crippen molar-refractivity contribution in [2.24, 2.45) is 7.05 Å². The molecule has 0 amide bonds. The zero-order valence-electron chi connectivity index (χ0n) is 19.8. The molecule has 0 bridgehead atoms. The van der Waals surface area contributed by atoms with E-state index in [1.165, 1.54) is 19.2 Å². The fourth-order valence-corrected chi connectivity index (χ4v) is 3.98. The highest BCUT2D eigenvalue weighted by Crippen LogP contribution is 2.31. The van der Waals surface area contributed by atoms with Crippen LogP contribution in [0, 0.1) is 0 Å². The van der Waals surface area contributed by atoms with Gasteiger partial charge in [0, 0.05) is 57.0 Å². The van der Waals surface area contributed by atoms with Crippen LogP contribution in [0.5, 0.6) is 0 Å². The summed E-state index contributed by atoms with van der Waals surface area (Å²) in [6, 6.07) is 8.21. The summed E-state index contributed by atoms with van der Waals surface area (Å²) in [4.78, 5) is 34.3. The molecule has 1 aliphatic heterocycles. The quantitative estimate of drug-likeness (QED) is 0.418. The molecule has 1 N–H and O–H groups in total. The lowest BCUT2D eigenvalue weighted by atomic mass is 10.2. The molecule has 0 atom stereocenters. The van der Waals surface area contributed by atoms with Crippen molar-refractivity contribution in [3.8, 4) is 22.8 Å². The number of carbonyl (C=O) groups is 1. The molecule has 11 heteroatoms. The molecule has 35 heavy (non-hydrogen) atoms. The number of nitrogens with one attached hydrogen (secondary N) is 1. The number of aryl methyl sites for hydroxylation is 1. The number of rotatable bonds is 6. The molecule has 11 nitrogen and oxygen atoms in total. The van der Waals surface area contributed by atoms with Crippen LogP contribution in [0.4, 0.5) is 17.3 Å². The Kier molecular flexibility index (Phi) is 6.15. The van der Waals surface area contributed by atoms with Crippen molar-refractivity contribution in [1.82, 2.24) is 29.4 Å². The van der Waals surface area contributed by atoms with Crippen LogP contribution in [0.2, 0.25) is 0 Å². The number of hydrogen-bond donors (Lipinski definition) is 1. The molecule has 3 aromatic heterocycles. The van der Waals surface area contributed by atoms with Crippen LogP contribution >= 0.6 is 0 Å². The predicted molar refractivity (Wildman–Crippen MR) is 131 cm³/mol. The van der Waals surface area contributed by atoms with Gasteiger partial charge in [-0.3, -0.25) is 0 Å². The summed E-state index contributed by atoms with van der Waals surface area (Å²) in [5.41, 5.74) is 3.32. The van der Waals surface area contributed by atoms with Gasteiger partial charge in [-0.05, 0) is 31.3 Å². The highest BCUT2D eigenvalue weighted by atomic mass is 16.5. The van der Waals surface area contributed by atoms with Crippen molar-refractivity contribution in [3.05, 3.63) is 54.9 Å². The molecule has 0 unspecified atom stereocenters. The fourth-order valence-electron chi connectivity index (χ4n) is 3.98. The number of benzene rings is 1. The Morgan fingerprint density at radius 2 is 1.83 bits per heavy atom. The average Bonchev–Trinajstić information content (AvgIpc) is 3.55.